The lowest BCUT2D eigenvalue weighted by Crippen LogP contribution is -2.19. The third kappa shape index (κ3) is 3.58. The third-order valence-electron chi connectivity index (χ3n) is 5.12. The lowest BCUT2D eigenvalue weighted by atomic mass is 10.2. The van der Waals surface area contributed by atoms with Crippen molar-refractivity contribution in [3.8, 4) is 5.69 Å². The first-order valence-corrected chi connectivity index (χ1v) is 11.3. The minimum atomic E-state index is -2.83. The second-order valence-corrected chi connectivity index (χ2v) is 9.97. The van der Waals surface area contributed by atoms with Gasteiger partial charge in [-0.15, -0.1) is 0 Å². The molecule has 3 aromatic rings. The van der Waals surface area contributed by atoms with Crippen LogP contribution in [0.3, 0.4) is 0 Å². The summed E-state index contributed by atoms with van der Waals surface area (Å²) >= 11 is 0. The fraction of sp³-hybridized carbons (Fsp3) is 0.381. The van der Waals surface area contributed by atoms with E-state index in [1.807, 2.05) is 37.4 Å². The molecule has 4 rings (SSSR count). The van der Waals surface area contributed by atoms with Gasteiger partial charge >= 0.3 is 0 Å². The van der Waals surface area contributed by atoms with Crippen molar-refractivity contribution in [1.82, 2.24) is 14.8 Å². The molecule has 0 bridgehead atoms. The summed E-state index contributed by atoms with van der Waals surface area (Å²) in [6.07, 6.45) is 8.72. The molecule has 1 aromatic carbocycles. The topological polar surface area (TPSA) is 77.2 Å². The quantitative estimate of drug-likeness (QED) is 0.620. The predicted octanol–water partition coefficient (Wildman–Crippen LogP) is 4.37. The number of hydrogen-bond acceptors (Lipinski definition) is 4. The Balaban J connectivity index is 1.80. The highest BCUT2D eigenvalue weighted by Gasteiger charge is 2.32. The highest BCUT2D eigenvalue weighted by Crippen LogP contribution is 2.33. The minimum Gasteiger partial charge on any atom is -0.272 e. The number of pyridine rings is 1. The van der Waals surface area contributed by atoms with Crippen LogP contribution < -0.4 is 0 Å². The van der Waals surface area contributed by atoms with Crippen LogP contribution in [0.15, 0.2) is 58.2 Å². The zero-order chi connectivity index (χ0) is 19.7. The molecule has 2 atom stereocenters. The summed E-state index contributed by atoms with van der Waals surface area (Å²) in [4.78, 5) is 17.1. The molecule has 0 radical (unpaired) electrons. The van der Waals surface area contributed by atoms with E-state index in [0.717, 1.165) is 42.3 Å². The van der Waals surface area contributed by atoms with Crippen LogP contribution in [0.4, 0.5) is 0 Å². The second kappa shape index (κ2) is 7.47. The summed E-state index contributed by atoms with van der Waals surface area (Å²) in [5, 5.41) is 5.25. The number of aromatic nitrogens is 3. The van der Waals surface area contributed by atoms with Gasteiger partial charge < -0.3 is 0 Å². The SMILES string of the molecule is CCCC(C)S(=O)(=NC(=O)C1CC1)c1ccc2nn(-c3cccnc3)cc2c1. The van der Waals surface area contributed by atoms with Crippen LogP contribution in [0.25, 0.3) is 16.6 Å². The van der Waals surface area contributed by atoms with E-state index in [2.05, 4.69) is 21.4 Å². The number of rotatable bonds is 6. The first-order valence-electron chi connectivity index (χ1n) is 9.71. The fourth-order valence-corrected chi connectivity index (χ4v) is 5.57. The molecule has 2 unspecified atom stereocenters. The Bertz CT molecular complexity index is 1130. The highest BCUT2D eigenvalue weighted by molar-refractivity contribution is 7.94. The Kier molecular flexibility index (Phi) is 5.02. The van der Waals surface area contributed by atoms with Crippen LogP contribution in [-0.4, -0.2) is 30.1 Å². The van der Waals surface area contributed by atoms with Gasteiger partial charge in [-0.05, 0) is 56.5 Å². The zero-order valence-electron chi connectivity index (χ0n) is 16.1. The van der Waals surface area contributed by atoms with Crippen LogP contribution in [0.1, 0.15) is 39.5 Å². The number of amides is 1. The fourth-order valence-electron chi connectivity index (χ4n) is 3.29. The van der Waals surface area contributed by atoms with E-state index in [1.165, 1.54) is 0 Å². The molecule has 2 heterocycles. The Labute approximate surface area is 165 Å². The van der Waals surface area contributed by atoms with E-state index >= 15 is 0 Å². The summed E-state index contributed by atoms with van der Waals surface area (Å²) in [5.41, 5.74) is 1.65. The molecule has 0 N–H and O–H groups in total. The van der Waals surface area contributed by atoms with Crippen LogP contribution in [0, 0.1) is 5.92 Å². The summed E-state index contributed by atoms with van der Waals surface area (Å²) in [7, 11) is -2.83. The van der Waals surface area contributed by atoms with Gasteiger partial charge in [0.25, 0.3) is 5.91 Å². The molecule has 0 spiro atoms. The summed E-state index contributed by atoms with van der Waals surface area (Å²) in [6.45, 7) is 3.99. The Morgan fingerprint density at radius 1 is 1.36 bits per heavy atom. The lowest BCUT2D eigenvalue weighted by molar-refractivity contribution is -0.118. The molecule has 2 aromatic heterocycles. The van der Waals surface area contributed by atoms with Crippen molar-refractivity contribution in [1.29, 1.82) is 0 Å². The molecule has 146 valence electrons. The highest BCUT2D eigenvalue weighted by atomic mass is 32.2. The maximum absolute atomic E-state index is 13.9. The van der Waals surface area contributed by atoms with Crippen molar-refractivity contribution in [2.45, 2.75) is 49.7 Å². The number of carbonyl (C=O) groups excluding carboxylic acids is 1. The van der Waals surface area contributed by atoms with Gasteiger partial charge in [0.1, 0.15) is 0 Å². The predicted molar refractivity (Wildman–Crippen MR) is 110 cm³/mol. The van der Waals surface area contributed by atoms with Gasteiger partial charge in [0, 0.05) is 33.8 Å². The molecule has 6 nitrogen and oxygen atoms in total. The first kappa shape index (κ1) is 18.8. The molecular weight excluding hydrogens is 372 g/mol. The molecular formula is C21H24N4O2S. The van der Waals surface area contributed by atoms with E-state index in [4.69, 9.17) is 0 Å². The number of carbonyl (C=O) groups is 1. The molecule has 28 heavy (non-hydrogen) atoms. The second-order valence-electron chi connectivity index (χ2n) is 7.38. The smallest absolute Gasteiger partial charge is 0.257 e. The zero-order valence-corrected chi connectivity index (χ0v) is 16.9. The van der Waals surface area contributed by atoms with E-state index in [1.54, 1.807) is 23.1 Å². The van der Waals surface area contributed by atoms with Crippen molar-refractivity contribution in [3.05, 3.63) is 48.9 Å². The van der Waals surface area contributed by atoms with E-state index in [0.29, 0.717) is 4.90 Å². The van der Waals surface area contributed by atoms with Crippen LogP contribution >= 0.6 is 0 Å². The van der Waals surface area contributed by atoms with Gasteiger partial charge in [-0.3, -0.25) is 9.78 Å². The molecule has 1 fully saturated rings. The van der Waals surface area contributed by atoms with Crippen LogP contribution in [0.5, 0.6) is 0 Å². The summed E-state index contributed by atoms with van der Waals surface area (Å²) in [6, 6.07) is 9.31. The molecule has 1 amide bonds. The van der Waals surface area contributed by atoms with Crippen LogP contribution in [-0.2, 0) is 14.5 Å². The molecule has 7 heteroatoms. The molecule has 1 aliphatic carbocycles. The molecule has 0 saturated heterocycles. The molecule has 1 saturated carbocycles. The van der Waals surface area contributed by atoms with Crippen molar-refractivity contribution in [2.75, 3.05) is 0 Å². The van der Waals surface area contributed by atoms with Gasteiger partial charge in [-0.25, -0.2) is 8.89 Å². The third-order valence-corrected chi connectivity index (χ3v) is 7.82. The number of nitrogens with zero attached hydrogens (tertiary/aromatic N) is 4. The molecule has 1 aliphatic rings. The maximum atomic E-state index is 13.9. The summed E-state index contributed by atoms with van der Waals surface area (Å²) < 4.78 is 20.0. The summed E-state index contributed by atoms with van der Waals surface area (Å²) in [5.74, 6) is -0.245. The van der Waals surface area contributed by atoms with E-state index in [-0.39, 0.29) is 17.1 Å². The van der Waals surface area contributed by atoms with Crippen molar-refractivity contribution in [3.63, 3.8) is 0 Å². The maximum Gasteiger partial charge on any atom is 0.257 e. The number of benzene rings is 1. The van der Waals surface area contributed by atoms with E-state index in [9.17, 15) is 9.00 Å². The van der Waals surface area contributed by atoms with Crippen molar-refractivity contribution < 1.29 is 9.00 Å². The van der Waals surface area contributed by atoms with Gasteiger partial charge in [0.15, 0.2) is 0 Å². The largest absolute Gasteiger partial charge is 0.272 e. The average molecular weight is 397 g/mol. The van der Waals surface area contributed by atoms with Gasteiger partial charge in [-0.2, -0.15) is 9.46 Å². The van der Waals surface area contributed by atoms with Gasteiger partial charge in [0.05, 0.1) is 27.1 Å². The van der Waals surface area contributed by atoms with Gasteiger partial charge in [0.2, 0.25) is 0 Å². The average Bonchev–Trinajstić information content (AvgIpc) is 3.47. The minimum absolute atomic E-state index is 0.0355. The normalized spacial score (nSPS) is 17.2. The standard InChI is InChI=1S/C21H24N4O2S/c1-3-5-15(2)28(27,24-21(26)16-7-8-16)19-9-10-20-17(12-19)14-25(23-20)18-6-4-11-22-13-18/h4,6,9-16H,3,5,7-8H2,1-2H3. The van der Waals surface area contributed by atoms with E-state index < -0.39 is 9.73 Å². The van der Waals surface area contributed by atoms with Crippen molar-refractivity contribution in [2.24, 2.45) is 10.3 Å². The number of hydrogen-bond donors (Lipinski definition) is 0. The first-order chi connectivity index (χ1) is 13.5. The monoisotopic (exact) mass is 396 g/mol. The Hall–Kier alpha value is -2.54. The van der Waals surface area contributed by atoms with Gasteiger partial charge in [-0.1, -0.05) is 13.3 Å². The van der Waals surface area contributed by atoms with Crippen LogP contribution in [0.2, 0.25) is 0 Å². The lowest BCUT2D eigenvalue weighted by Gasteiger charge is -2.17. The number of fused-ring (bicyclic) bond motifs is 1. The Morgan fingerprint density at radius 2 is 2.18 bits per heavy atom. The molecule has 0 aliphatic heterocycles. The van der Waals surface area contributed by atoms with Crippen molar-refractivity contribution >= 4 is 26.5 Å². The Morgan fingerprint density at radius 3 is 2.86 bits per heavy atom.